The van der Waals surface area contributed by atoms with Crippen LogP contribution >= 0.6 is 0 Å². The molecule has 0 aromatic carbocycles. The van der Waals surface area contributed by atoms with Crippen molar-refractivity contribution < 1.29 is 17.9 Å². The molecule has 0 aliphatic carbocycles. The average molecular weight is 262 g/mol. The number of nitrogens with one attached hydrogen (secondary N) is 3. The lowest BCUT2D eigenvalue weighted by Crippen LogP contribution is -2.38. The maximum absolute atomic E-state index is 11.6. The van der Waals surface area contributed by atoms with Gasteiger partial charge < -0.3 is 10.1 Å². The highest BCUT2D eigenvalue weighted by Gasteiger charge is 2.15. The van der Waals surface area contributed by atoms with Crippen molar-refractivity contribution in [1.82, 2.24) is 20.2 Å². The van der Waals surface area contributed by atoms with Gasteiger partial charge in [0, 0.05) is 19.9 Å². The number of aromatic amines is 1. The molecule has 3 N–H and O–H groups in total. The summed E-state index contributed by atoms with van der Waals surface area (Å²) < 4.78 is 30.0. The maximum atomic E-state index is 11.6. The SMILES string of the molecule is COCCNC(=O)CNS(=O)(=O)c1cn[nH]c1. The van der Waals surface area contributed by atoms with Crippen molar-refractivity contribution in [3.05, 3.63) is 12.4 Å². The molecule has 0 radical (unpaired) electrons. The van der Waals surface area contributed by atoms with Gasteiger partial charge in [-0.15, -0.1) is 0 Å². The molecule has 1 aromatic rings. The van der Waals surface area contributed by atoms with Gasteiger partial charge in [0.2, 0.25) is 15.9 Å². The van der Waals surface area contributed by atoms with E-state index in [9.17, 15) is 13.2 Å². The number of carbonyl (C=O) groups is 1. The largest absolute Gasteiger partial charge is 0.383 e. The Morgan fingerprint density at radius 1 is 1.59 bits per heavy atom. The Bertz CT molecular complexity index is 442. The average Bonchev–Trinajstić information content (AvgIpc) is 2.81. The van der Waals surface area contributed by atoms with Crippen LogP contribution in [0.4, 0.5) is 0 Å². The molecular formula is C8H14N4O4S. The molecule has 0 saturated carbocycles. The highest BCUT2D eigenvalue weighted by molar-refractivity contribution is 7.89. The summed E-state index contributed by atoms with van der Waals surface area (Å²) in [6.07, 6.45) is 2.39. The van der Waals surface area contributed by atoms with E-state index in [4.69, 9.17) is 4.74 Å². The van der Waals surface area contributed by atoms with Crippen LogP contribution in [0.2, 0.25) is 0 Å². The quantitative estimate of drug-likeness (QED) is 0.515. The smallest absolute Gasteiger partial charge is 0.244 e. The van der Waals surface area contributed by atoms with E-state index in [1.807, 2.05) is 0 Å². The molecule has 0 spiro atoms. The molecule has 9 heteroatoms. The first-order valence-corrected chi connectivity index (χ1v) is 6.28. The molecule has 1 amide bonds. The Balaban J connectivity index is 2.38. The highest BCUT2D eigenvalue weighted by atomic mass is 32.2. The van der Waals surface area contributed by atoms with Gasteiger partial charge in [-0.3, -0.25) is 9.89 Å². The number of nitrogens with zero attached hydrogens (tertiary/aromatic N) is 1. The summed E-state index contributed by atoms with van der Waals surface area (Å²) in [4.78, 5) is 11.2. The number of H-pyrrole nitrogens is 1. The summed E-state index contributed by atoms with van der Waals surface area (Å²) in [5, 5.41) is 8.38. The summed E-state index contributed by atoms with van der Waals surface area (Å²) in [5.74, 6) is -0.422. The molecule has 0 bridgehead atoms. The third kappa shape index (κ3) is 4.51. The second kappa shape index (κ2) is 6.33. The fourth-order valence-electron chi connectivity index (χ4n) is 0.985. The van der Waals surface area contributed by atoms with Crippen LogP contribution in [0.15, 0.2) is 17.3 Å². The number of ether oxygens (including phenoxy) is 1. The molecule has 1 aromatic heterocycles. The Hall–Kier alpha value is -1.45. The zero-order valence-electron chi connectivity index (χ0n) is 9.26. The summed E-state index contributed by atoms with van der Waals surface area (Å²) >= 11 is 0. The second-order valence-electron chi connectivity index (χ2n) is 3.10. The van der Waals surface area contributed by atoms with Gasteiger partial charge in [0.15, 0.2) is 0 Å². The number of hydrogen-bond acceptors (Lipinski definition) is 5. The fourth-order valence-corrected chi connectivity index (χ4v) is 1.87. The molecule has 17 heavy (non-hydrogen) atoms. The highest BCUT2D eigenvalue weighted by Crippen LogP contribution is 2.02. The topological polar surface area (TPSA) is 113 Å². The first-order chi connectivity index (χ1) is 8.06. The van der Waals surface area contributed by atoms with Crippen LogP contribution < -0.4 is 10.0 Å². The monoisotopic (exact) mass is 262 g/mol. The molecule has 1 heterocycles. The van der Waals surface area contributed by atoms with Crippen molar-refractivity contribution in [2.75, 3.05) is 26.8 Å². The fraction of sp³-hybridized carbons (Fsp3) is 0.500. The molecule has 96 valence electrons. The van der Waals surface area contributed by atoms with E-state index in [-0.39, 0.29) is 11.4 Å². The predicted octanol–water partition coefficient (Wildman–Crippen LogP) is -1.55. The van der Waals surface area contributed by atoms with E-state index >= 15 is 0 Å². The van der Waals surface area contributed by atoms with Crippen molar-refractivity contribution in [3.63, 3.8) is 0 Å². The van der Waals surface area contributed by atoms with Gasteiger partial charge in [-0.05, 0) is 0 Å². The van der Waals surface area contributed by atoms with Gasteiger partial charge in [0.1, 0.15) is 4.90 Å². The van der Waals surface area contributed by atoms with Gasteiger partial charge in [0.25, 0.3) is 0 Å². The standard InChI is InChI=1S/C8H14N4O4S/c1-16-3-2-9-8(13)6-12-17(14,15)7-4-10-11-5-7/h4-5,12H,2-3,6H2,1H3,(H,9,13)(H,10,11). The number of hydrogen-bond donors (Lipinski definition) is 3. The number of methoxy groups -OCH3 is 1. The number of carbonyl (C=O) groups excluding carboxylic acids is 1. The molecule has 0 unspecified atom stereocenters. The van der Waals surface area contributed by atoms with E-state index in [1.54, 1.807) is 0 Å². The number of rotatable bonds is 7. The Labute approximate surface area is 98.8 Å². The molecule has 0 fully saturated rings. The lowest BCUT2D eigenvalue weighted by atomic mass is 10.6. The predicted molar refractivity (Wildman–Crippen MR) is 58.7 cm³/mol. The van der Waals surface area contributed by atoms with Crippen molar-refractivity contribution in [2.45, 2.75) is 4.90 Å². The third-order valence-electron chi connectivity index (χ3n) is 1.83. The van der Waals surface area contributed by atoms with E-state index in [0.29, 0.717) is 13.2 Å². The van der Waals surface area contributed by atoms with Crippen LogP contribution in [0.3, 0.4) is 0 Å². The Morgan fingerprint density at radius 3 is 2.94 bits per heavy atom. The summed E-state index contributed by atoms with van der Waals surface area (Å²) in [6, 6.07) is 0. The lowest BCUT2D eigenvalue weighted by molar-refractivity contribution is -0.120. The molecule has 0 aliphatic heterocycles. The van der Waals surface area contributed by atoms with Gasteiger partial charge in [-0.1, -0.05) is 0 Å². The Morgan fingerprint density at radius 2 is 2.35 bits per heavy atom. The van der Waals surface area contributed by atoms with E-state index in [0.717, 1.165) is 6.20 Å². The second-order valence-corrected chi connectivity index (χ2v) is 4.87. The van der Waals surface area contributed by atoms with Crippen molar-refractivity contribution >= 4 is 15.9 Å². The van der Waals surface area contributed by atoms with Crippen molar-refractivity contribution in [3.8, 4) is 0 Å². The van der Waals surface area contributed by atoms with Gasteiger partial charge in [-0.25, -0.2) is 13.1 Å². The molecule has 0 aliphatic rings. The van der Waals surface area contributed by atoms with Crippen LogP contribution in [0, 0.1) is 0 Å². The first-order valence-electron chi connectivity index (χ1n) is 4.80. The first kappa shape index (κ1) is 13.6. The third-order valence-corrected chi connectivity index (χ3v) is 3.20. The molecule has 0 atom stereocenters. The zero-order valence-corrected chi connectivity index (χ0v) is 10.1. The number of aromatic nitrogens is 2. The van der Waals surface area contributed by atoms with Gasteiger partial charge in [-0.2, -0.15) is 5.10 Å². The van der Waals surface area contributed by atoms with Crippen molar-refractivity contribution in [2.24, 2.45) is 0 Å². The zero-order chi connectivity index (χ0) is 12.7. The molecule has 1 rings (SSSR count). The summed E-state index contributed by atoms with van der Waals surface area (Å²) in [5.41, 5.74) is 0. The van der Waals surface area contributed by atoms with Crippen LogP contribution in [-0.2, 0) is 19.6 Å². The van der Waals surface area contributed by atoms with Gasteiger partial charge in [0.05, 0.1) is 19.3 Å². The van der Waals surface area contributed by atoms with Crippen molar-refractivity contribution in [1.29, 1.82) is 0 Å². The summed E-state index contributed by atoms with van der Waals surface area (Å²) in [6.45, 7) is 0.389. The van der Waals surface area contributed by atoms with Crippen LogP contribution in [0.1, 0.15) is 0 Å². The summed E-state index contributed by atoms with van der Waals surface area (Å²) in [7, 11) is -2.17. The van der Waals surface area contributed by atoms with Gasteiger partial charge >= 0.3 is 0 Å². The van der Waals surface area contributed by atoms with E-state index < -0.39 is 15.9 Å². The lowest BCUT2D eigenvalue weighted by Gasteiger charge is -2.05. The molecule has 0 saturated heterocycles. The van der Waals surface area contributed by atoms with E-state index in [1.165, 1.54) is 13.3 Å². The number of amides is 1. The normalized spacial score (nSPS) is 11.4. The number of sulfonamides is 1. The van der Waals surface area contributed by atoms with Crippen LogP contribution in [0.5, 0.6) is 0 Å². The maximum Gasteiger partial charge on any atom is 0.244 e. The van der Waals surface area contributed by atoms with Crippen LogP contribution in [-0.4, -0.2) is 51.3 Å². The minimum absolute atomic E-state index is 0.0119. The van der Waals surface area contributed by atoms with E-state index in [2.05, 4.69) is 20.2 Å². The molecular weight excluding hydrogens is 248 g/mol. The molecule has 8 nitrogen and oxygen atoms in total. The van der Waals surface area contributed by atoms with Crippen LogP contribution in [0.25, 0.3) is 0 Å². The Kier molecular flexibility index (Phi) is 5.07. The minimum Gasteiger partial charge on any atom is -0.383 e. The minimum atomic E-state index is -3.68.